The van der Waals surface area contributed by atoms with E-state index in [1.807, 2.05) is 12.1 Å². The number of fused-ring (bicyclic) bond motifs is 1. The molecule has 0 aliphatic heterocycles. The van der Waals surface area contributed by atoms with E-state index in [1.165, 1.54) is 0 Å². The maximum absolute atomic E-state index is 6.25. The largest absolute Gasteiger partial charge is 0.371 e. The highest BCUT2D eigenvalue weighted by molar-refractivity contribution is 6.34. The van der Waals surface area contributed by atoms with Crippen molar-refractivity contribution in [1.82, 2.24) is 9.97 Å². The Morgan fingerprint density at radius 2 is 1.62 bits per heavy atom. The molecular weight excluding hydrogens is 222 g/mol. The number of hydrogen-bond donors (Lipinski definition) is 0. The van der Waals surface area contributed by atoms with E-state index < -0.39 is 0 Å². The summed E-state index contributed by atoms with van der Waals surface area (Å²) in [5.41, 5.74) is 2.75. The zero-order valence-electron chi connectivity index (χ0n) is 9.44. The normalized spacial score (nSPS) is 10.7. The van der Waals surface area contributed by atoms with Gasteiger partial charge in [0.05, 0.1) is 21.7 Å². The zero-order chi connectivity index (χ0) is 11.5. The predicted octanol–water partition coefficient (Wildman–Crippen LogP) is 3.13. The van der Waals surface area contributed by atoms with Crippen molar-refractivity contribution in [2.75, 3.05) is 18.0 Å². The number of nitrogens with zero attached hydrogens (tertiary/aromatic N) is 3. The maximum atomic E-state index is 6.25. The maximum Gasteiger partial charge on any atom is 0.0908 e. The third kappa shape index (κ3) is 1.95. The van der Waals surface area contributed by atoms with Gasteiger partial charge in [-0.1, -0.05) is 11.6 Å². The molecule has 16 heavy (non-hydrogen) atoms. The molecule has 2 aromatic rings. The molecule has 0 N–H and O–H groups in total. The lowest BCUT2D eigenvalue weighted by molar-refractivity contribution is 0.867. The molecule has 1 aromatic carbocycles. The van der Waals surface area contributed by atoms with Crippen LogP contribution < -0.4 is 4.90 Å². The molecule has 0 saturated carbocycles. The summed E-state index contributed by atoms with van der Waals surface area (Å²) in [6.07, 6.45) is 3.37. The van der Waals surface area contributed by atoms with Gasteiger partial charge in [-0.05, 0) is 26.0 Å². The number of anilines is 1. The van der Waals surface area contributed by atoms with Crippen molar-refractivity contribution in [2.45, 2.75) is 13.8 Å². The molecular formula is C12H14ClN3. The molecule has 0 radical (unpaired) electrons. The van der Waals surface area contributed by atoms with Crippen LogP contribution in [0.25, 0.3) is 11.0 Å². The highest BCUT2D eigenvalue weighted by Crippen LogP contribution is 2.29. The van der Waals surface area contributed by atoms with Gasteiger partial charge in [0.15, 0.2) is 0 Å². The smallest absolute Gasteiger partial charge is 0.0908 e. The van der Waals surface area contributed by atoms with E-state index in [4.69, 9.17) is 11.6 Å². The van der Waals surface area contributed by atoms with Crippen molar-refractivity contribution in [3.63, 3.8) is 0 Å². The van der Waals surface area contributed by atoms with Gasteiger partial charge < -0.3 is 4.90 Å². The van der Waals surface area contributed by atoms with Gasteiger partial charge in [-0.3, -0.25) is 9.97 Å². The van der Waals surface area contributed by atoms with Gasteiger partial charge in [0.2, 0.25) is 0 Å². The molecule has 84 valence electrons. The molecule has 0 aliphatic carbocycles. The van der Waals surface area contributed by atoms with Gasteiger partial charge in [-0.25, -0.2) is 0 Å². The second-order valence-electron chi connectivity index (χ2n) is 3.52. The van der Waals surface area contributed by atoms with Crippen molar-refractivity contribution in [2.24, 2.45) is 0 Å². The monoisotopic (exact) mass is 235 g/mol. The minimum atomic E-state index is 0.733. The molecule has 1 heterocycles. The van der Waals surface area contributed by atoms with Crippen molar-refractivity contribution in [3.05, 3.63) is 29.5 Å². The van der Waals surface area contributed by atoms with Gasteiger partial charge in [0, 0.05) is 25.5 Å². The summed E-state index contributed by atoms with van der Waals surface area (Å²) in [6, 6.07) is 3.87. The molecule has 0 saturated heterocycles. The van der Waals surface area contributed by atoms with Crippen LogP contribution in [0.2, 0.25) is 5.02 Å². The van der Waals surface area contributed by atoms with E-state index in [1.54, 1.807) is 12.4 Å². The third-order valence-electron chi connectivity index (χ3n) is 2.64. The van der Waals surface area contributed by atoms with E-state index in [9.17, 15) is 0 Å². The first-order chi connectivity index (χ1) is 7.76. The molecule has 0 aliphatic rings. The average Bonchev–Trinajstić information content (AvgIpc) is 2.31. The SMILES string of the molecule is CCN(CC)c1cc2nccnc2cc1Cl. The second kappa shape index (κ2) is 4.66. The lowest BCUT2D eigenvalue weighted by Crippen LogP contribution is -2.22. The predicted molar refractivity (Wildman–Crippen MR) is 68.1 cm³/mol. The van der Waals surface area contributed by atoms with Crippen LogP contribution in [-0.4, -0.2) is 23.1 Å². The number of rotatable bonds is 3. The Hall–Kier alpha value is -1.35. The fraction of sp³-hybridized carbons (Fsp3) is 0.333. The van der Waals surface area contributed by atoms with Gasteiger partial charge in [-0.2, -0.15) is 0 Å². The summed E-state index contributed by atoms with van der Waals surface area (Å²) in [5, 5.41) is 0.733. The summed E-state index contributed by atoms with van der Waals surface area (Å²) < 4.78 is 0. The molecule has 1 aromatic heterocycles. The van der Waals surface area contributed by atoms with Crippen molar-refractivity contribution in [1.29, 1.82) is 0 Å². The standard InChI is InChI=1S/C12H14ClN3/c1-3-16(4-2)12-8-11-10(7-9(12)13)14-5-6-15-11/h5-8H,3-4H2,1-2H3. The van der Waals surface area contributed by atoms with E-state index >= 15 is 0 Å². The molecule has 3 nitrogen and oxygen atoms in total. The minimum absolute atomic E-state index is 0.733. The summed E-state index contributed by atoms with van der Waals surface area (Å²) in [4.78, 5) is 10.7. The van der Waals surface area contributed by atoms with Crippen molar-refractivity contribution < 1.29 is 0 Å². The van der Waals surface area contributed by atoms with Gasteiger partial charge in [0.25, 0.3) is 0 Å². The van der Waals surface area contributed by atoms with E-state index in [0.717, 1.165) is 34.8 Å². The minimum Gasteiger partial charge on any atom is -0.371 e. The van der Waals surface area contributed by atoms with E-state index in [2.05, 4.69) is 28.7 Å². The number of benzene rings is 1. The number of hydrogen-bond acceptors (Lipinski definition) is 3. The summed E-state index contributed by atoms with van der Waals surface area (Å²) in [6.45, 7) is 6.09. The number of halogens is 1. The lowest BCUT2D eigenvalue weighted by Gasteiger charge is -2.22. The van der Waals surface area contributed by atoms with Crippen LogP contribution in [0.1, 0.15) is 13.8 Å². The van der Waals surface area contributed by atoms with Crippen LogP contribution in [-0.2, 0) is 0 Å². The first kappa shape index (κ1) is 11.1. The highest BCUT2D eigenvalue weighted by Gasteiger charge is 2.09. The number of aromatic nitrogens is 2. The van der Waals surface area contributed by atoms with Crippen LogP contribution >= 0.6 is 11.6 Å². The topological polar surface area (TPSA) is 29.0 Å². The van der Waals surface area contributed by atoms with E-state index in [0.29, 0.717) is 0 Å². The van der Waals surface area contributed by atoms with Crippen molar-refractivity contribution in [3.8, 4) is 0 Å². The quantitative estimate of drug-likeness (QED) is 0.819. The summed E-state index contributed by atoms with van der Waals surface area (Å²) >= 11 is 6.25. The molecule has 0 spiro atoms. The molecule has 0 amide bonds. The van der Waals surface area contributed by atoms with Crippen LogP contribution in [0, 0.1) is 0 Å². The summed E-state index contributed by atoms with van der Waals surface area (Å²) in [5.74, 6) is 0. The second-order valence-corrected chi connectivity index (χ2v) is 3.93. The molecule has 0 bridgehead atoms. The fourth-order valence-corrected chi connectivity index (χ4v) is 2.06. The van der Waals surface area contributed by atoms with Gasteiger partial charge in [-0.15, -0.1) is 0 Å². The molecule has 0 fully saturated rings. The average molecular weight is 236 g/mol. The first-order valence-electron chi connectivity index (χ1n) is 5.41. The molecule has 4 heteroatoms. The Morgan fingerprint density at radius 3 is 2.19 bits per heavy atom. The van der Waals surface area contributed by atoms with Crippen LogP contribution in [0.15, 0.2) is 24.5 Å². The zero-order valence-corrected chi connectivity index (χ0v) is 10.2. The van der Waals surface area contributed by atoms with Crippen LogP contribution in [0.5, 0.6) is 0 Å². The fourth-order valence-electron chi connectivity index (χ4n) is 1.78. The summed E-state index contributed by atoms with van der Waals surface area (Å²) in [7, 11) is 0. The Kier molecular flexibility index (Phi) is 3.25. The Labute approximate surface area is 100 Å². The Balaban J connectivity index is 2.57. The lowest BCUT2D eigenvalue weighted by atomic mass is 10.2. The van der Waals surface area contributed by atoms with Crippen LogP contribution in [0.3, 0.4) is 0 Å². The highest BCUT2D eigenvalue weighted by atomic mass is 35.5. The Bertz CT molecular complexity index is 495. The molecule has 0 atom stereocenters. The van der Waals surface area contributed by atoms with Gasteiger partial charge in [0.1, 0.15) is 0 Å². The van der Waals surface area contributed by atoms with Gasteiger partial charge >= 0.3 is 0 Å². The molecule has 2 rings (SSSR count). The van der Waals surface area contributed by atoms with Crippen molar-refractivity contribution >= 4 is 28.3 Å². The first-order valence-corrected chi connectivity index (χ1v) is 5.79. The third-order valence-corrected chi connectivity index (χ3v) is 2.94. The Morgan fingerprint density at radius 1 is 1.06 bits per heavy atom. The molecule has 0 unspecified atom stereocenters. The van der Waals surface area contributed by atoms with E-state index in [-0.39, 0.29) is 0 Å². The van der Waals surface area contributed by atoms with Crippen LogP contribution in [0.4, 0.5) is 5.69 Å².